The average molecular weight is 414 g/mol. The Morgan fingerprint density at radius 2 is 1.83 bits per heavy atom. The molecule has 1 fully saturated rings. The van der Waals surface area contributed by atoms with Gasteiger partial charge in [0.25, 0.3) is 0 Å². The molecule has 29 heavy (non-hydrogen) atoms. The van der Waals surface area contributed by atoms with Crippen LogP contribution >= 0.6 is 0 Å². The van der Waals surface area contributed by atoms with E-state index < -0.39 is 10.0 Å². The van der Waals surface area contributed by atoms with Gasteiger partial charge in [-0.3, -0.25) is 4.90 Å². The van der Waals surface area contributed by atoms with Gasteiger partial charge in [0.05, 0.1) is 4.90 Å². The Morgan fingerprint density at radius 1 is 1.03 bits per heavy atom. The van der Waals surface area contributed by atoms with E-state index in [1.54, 1.807) is 24.3 Å². The van der Waals surface area contributed by atoms with E-state index in [4.69, 9.17) is 4.74 Å². The molecule has 0 saturated carbocycles. The fourth-order valence-corrected chi connectivity index (χ4v) is 4.93. The van der Waals surface area contributed by atoms with Crippen LogP contribution in [-0.4, -0.2) is 51.1 Å². The third-order valence-corrected chi connectivity index (χ3v) is 6.98. The number of nitrogens with zero attached hydrogens (tertiary/aromatic N) is 1. The fraction of sp³-hybridized carbons (Fsp3) is 0.364. The van der Waals surface area contributed by atoms with E-state index in [2.05, 4.69) is 14.6 Å². The van der Waals surface area contributed by atoms with Crippen molar-refractivity contribution in [2.45, 2.75) is 17.7 Å². The topological polar surface area (TPSA) is 74.4 Å². The van der Waals surface area contributed by atoms with Gasteiger partial charge in [-0.15, -0.1) is 0 Å². The predicted molar refractivity (Wildman–Crippen MR) is 115 cm³/mol. The van der Waals surface area contributed by atoms with Crippen molar-refractivity contribution < 1.29 is 13.2 Å². The summed E-state index contributed by atoms with van der Waals surface area (Å²) in [5, 5.41) is 1.11. The number of sulfonamides is 1. The Hall–Kier alpha value is -2.35. The van der Waals surface area contributed by atoms with Gasteiger partial charge in [0, 0.05) is 30.2 Å². The number of rotatable bonds is 8. The maximum Gasteiger partial charge on any atom is 0.240 e. The number of likely N-dealkylation sites (tertiary alicyclic amines) is 1. The summed E-state index contributed by atoms with van der Waals surface area (Å²) >= 11 is 0. The molecule has 0 aliphatic carbocycles. The van der Waals surface area contributed by atoms with Gasteiger partial charge in [-0.1, -0.05) is 24.3 Å². The number of aromatic nitrogens is 1. The summed E-state index contributed by atoms with van der Waals surface area (Å²) in [5.41, 5.74) is 1.08. The van der Waals surface area contributed by atoms with E-state index >= 15 is 0 Å². The van der Waals surface area contributed by atoms with Crippen molar-refractivity contribution in [1.29, 1.82) is 0 Å². The summed E-state index contributed by atoms with van der Waals surface area (Å²) in [5.74, 6) is 1.29. The minimum absolute atomic E-state index is 0.326. The molecule has 1 aliphatic rings. The number of benzene rings is 2. The molecule has 6 nitrogen and oxygen atoms in total. The van der Waals surface area contributed by atoms with Crippen LogP contribution in [0.15, 0.2) is 65.7 Å². The molecular formula is C22H27N3O3S. The Morgan fingerprint density at radius 3 is 2.62 bits per heavy atom. The highest BCUT2D eigenvalue weighted by Crippen LogP contribution is 2.24. The number of piperidine rings is 1. The molecule has 2 heterocycles. The monoisotopic (exact) mass is 413 g/mol. The summed E-state index contributed by atoms with van der Waals surface area (Å²) in [6, 6.07) is 16.6. The highest BCUT2D eigenvalue weighted by atomic mass is 32.2. The fourth-order valence-electron chi connectivity index (χ4n) is 3.79. The molecule has 2 N–H and O–H groups in total. The summed E-state index contributed by atoms with van der Waals surface area (Å²) in [7, 11) is -3.42. The van der Waals surface area contributed by atoms with E-state index in [-0.39, 0.29) is 0 Å². The predicted octanol–water partition coefficient (Wildman–Crippen LogP) is 3.24. The van der Waals surface area contributed by atoms with Crippen LogP contribution in [0, 0.1) is 5.92 Å². The average Bonchev–Trinajstić information content (AvgIpc) is 3.24. The number of fused-ring (bicyclic) bond motifs is 1. The van der Waals surface area contributed by atoms with Crippen molar-refractivity contribution in [2.24, 2.45) is 5.92 Å². The summed E-state index contributed by atoms with van der Waals surface area (Å²) in [4.78, 5) is 5.91. The Labute approximate surface area is 171 Å². The van der Waals surface area contributed by atoms with Crippen LogP contribution in [0.3, 0.4) is 0 Å². The lowest BCUT2D eigenvalue weighted by Gasteiger charge is -2.31. The normalized spacial score (nSPS) is 16.3. The lowest BCUT2D eigenvalue weighted by molar-refractivity contribution is 0.156. The first-order chi connectivity index (χ1) is 14.1. The minimum Gasteiger partial charge on any atom is -0.492 e. The van der Waals surface area contributed by atoms with Crippen molar-refractivity contribution in [2.75, 3.05) is 32.8 Å². The molecule has 1 aliphatic heterocycles. The van der Waals surface area contributed by atoms with E-state index in [1.807, 2.05) is 36.5 Å². The van der Waals surface area contributed by atoms with E-state index in [9.17, 15) is 8.42 Å². The third kappa shape index (κ3) is 4.98. The van der Waals surface area contributed by atoms with Gasteiger partial charge < -0.3 is 9.72 Å². The van der Waals surface area contributed by atoms with Gasteiger partial charge in [0.15, 0.2) is 0 Å². The van der Waals surface area contributed by atoms with Gasteiger partial charge in [-0.2, -0.15) is 0 Å². The number of ether oxygens (including phenoxy) is 1. The van der Waals surface area contributed by atoms with Gasteiger partial charge >= 0.3 is 0 Å². The van der Waals surface area contributed by atoms with Crippen molar-refractivity contribution in [1.82, 2.24) is 14.6 Å². The minimum atomic E-state index is -3.42. The second kappa shape index (κ2) is 8.98. The first kappa shape index (κ1) is 19.9. The first-order valence-corrected chi connectivity index (χ1v) is 11.6. The molecule has 0 bridgehead atoms. The molecule has 0 unspecified atom stereocenters. The van der Waals surface area contributed by atoms with Gasteiger partial charge in [0.2, 0.25) is 10.0 Å². The molecule has 1 aromatic heterocycles. The van der Waals surface area contributed by atoms with Crippen LogP contribution in [0.4, 0.5) is 0 Å². The van der Waals surface area contributed by atoms with Crippen LogP contribution in [0.5, 0.6) is 5.75 Å². The molecule has 4 rings (SSSR count). The molecule has 0 spiro atoms. The highest BCUT2D eigenvalue weighted by molar-refractivity contribution is 7.89. The summed E-state index contributed by atoms with van der Waals surface area (Å²) in [6.45, 7) is 3.96. The molecule has 1 saturated heterocycles. The second-order valence-corrected chi connectivity index (χ2v) is 9.26. The Bertz CT molecular complexity index is 1030. The van der Waals surface area contributed by atoms with Crippen LogP contribution in [0.1, 0.15) is 12.8 Å². The number of hydrogen-bond acceptors (Lipinski definition) is 4. The number of aromatic amines is 1. The van der Waals surface area contributed by atoms with E-state index in [1.165, 1.54) is 0 Å². The van der Waals surface area contributed by atoms with Crippen molar-refractivity contribution in [3.63, 3.8) is 0 Å². The number of nitrogens with one attached hydrogen (secondary N) is 2. The highest BCUT2D eigenvalue weighted by Gasteiger charge is 2.21. The Balaban J connectivity index is 1.19. The lowest BCUT2D eigenvalue weighted by Crippen LogP contribution is -2.40. The largest absolute Gasteiger partial charge is 0.492 e. The zero-order valence-corrected chi connectivity index (χ0v) is 17.2. The van der Waals surface area contributed by atoms with Crippen molar-refractivity contribution in [3.8, 4) is 5.75 Å². The van der Waals surface area contributed by atoms with Crippen LogP contribution in [0.25, 0.3) is 10.9 Å². The number of hydrogen-bond donors (Lipinski definition) is 2. The smallest absolute Gasteiger partial charge is 0.240 e. The van der Waals surface area contributed by atoms with Crippen LogP contribution < -0.4 is 9.46 Å². The quantitative estimate of drug-likeness (QED) is 0.595. The van der Waals surface area contributed by atoms with Gasteiger partial charge in [-0.05, 0) is 62.2 Å². The molecule has 154 valence electrons. The second-order valence-electron chi connectivity index (χ2n) is 7.49. The molecule has 0 atom stereocenters. The first-order valence-electron chi connectivity index (χ1n) is 10.1. The molecular weight excluding hydrogens is 386 g/mol. The molecule has 0 radical (unpaired) electrons. The Kier molecular flexibility index (Phi) is 6.18. The van der Waals surface area contributed by atoms with Crippen LogP contribution in [0.2, 0.25) is 0 Å². The van der Waals surface area contributed by atoms with Crippen molar-refractivity contribution >= 4 is 20.9 Å². The van der Waals surface area contributed by atoms with E-state index in [0.717, 1.165) is 49.1 Å². The maximum absolute atomic E-state index is 12.3. The SMILES string of the molecule is O=S(=O)(NCC1CCN(CCOc2cccc3[nH]ccc23)CC1)c1ccccc1. The summed E-state index contributed by atoms with van der Waals surface area (Å²) in [6.07, 6.45) is 3.91. The molecule has 3 aromatic rings. The van der Waals surface area contributed by atoms with Gasteiger partial charge in [0.1, 0.15) is 12.4 Å². The van der Waals surface area contributed by atoms with Crippen LogP contribution in [-0.2, 0) is 10.0 Å². The maximum atomic E-state index is 12.3. The standard InChI is InChI=1S/C22H27N3O3S/c26-29(27,19-5-2-1-3-6-19)24-17-18-10-13-25(14-11-18)15-16-28-22-8-4-7-21-20(22)9-12-23-21/h1-9,12,18,23-24H,10-11,13-17H2. The summed E-state index contributed by atoms with van der Waals surface area (Å²) < 4.78 is 33.5. The van der Waals surface area contributed by atoms with Gasteiger partial charge in [-0.25, -0.2) is 13.1 Å². The van der Waals surface area contributed by atoms with Crippen molar-refractivity contribution in [3.05, 3.63) is 60.8 Å². The van der Waals surface area contributed by atoms with E-state index in [0.29, 0.717) is 24.0 Å². The molecule has 2 aromatic carbocycles. The molecule has 7 heteroatoms. The molecule has 0 amide bonds. The zero-order chi connectivity index (χ0) is 20.1. The zero-order valence-electron chi connectivity index (χ0n) is 16.4. The number of H-pyrrole nitrogens is 1. The third-order valence-electron chi connectivity index (χ3n) is 5.54. The lowest BCUT2D eigenvalue weighted by atomic mass is 9.97.